The van der Waals surface area contributed by atoms with Crippen molar-refractivity contribution in [3.63, 3.8) is 0 Å². The third-order valence-corrected chi connectivity index (χ3v) is 2.30. The number of aliphatic imine (C=N–C) groups is 1. The lowest BCUT2D eigenvalue weighted by Crippen LogP contribution is -2.47. The van der Waals surface area contributed by atoms with Gasteiger partial charge >= 0.3 is 0 Å². The molecule has 0 radical (unpaired) electrons. The van der Waals surface area contributed by atoms with E-state index >= 15 is 0 Å². The van der Waals surface area contributed by atoms with Gasteiger partial charge in [0.25, 0.3) is 0 Å². The minimum absolute atomic E-state index is 0.0775. The molecule has 17 heavy (non-hydrogen) atoms. The van der Waals surface area contributed by atoms with E-state index in [0.717, 1.165) is 11.6 Å². The number of benzene rings is 1. The van der Waals surface area contributed by atoms with Gasteiger partial charge in [-0.1, -0.05) is 34.8 Å². The lowest BCUT2D eigenvalue weighted by atomic mass is 10.1. The average molecular weight is 238 g/mol. The average Bonchev–Trinajstić information content (AvgIpc) is 2.28. The molecular weight excluding hydrogens is 226 g/mol. The third kappa shape index (κ3) is 3.01. The largest absolute Gasteiger partial charge is 0.259 e. The smallest absolute Gasteiger partial charge is 0.208 e. The number of amidine groups is 1. The number of hydrogen-bond donors (Lipinski definition) is 2. The molecule has 0 bridgehead atoms. The molecule has 2 N–H and O–H groups in total. The fraction of sp³-hybridized carbons (Fsp3) is 0.182. The number of nitrogens with zero attached hydrogens (tertiary/aromatic N) is 2. The summed E-state index contributed by atoms with van der Waals surface area (Å²) >= 11 is 0. The van der Waals surface area contributed by atoms with Crippen molar-refractivity contribution in [2.75, 3.05) is 0 Å². The molecule has 0 aromatic heterocycles. The number of rotatable bonds is 2. The van der Waals surface area contributed by atoms with Gasteiger partial charge in [-0.15, -0.1) is 0 Å². The highest BCUT2D eigenvalue weighted by molar-refractivity contribution is 5.93. The van der Waals surface area contributed by atoms with Gasteiger partial charge in [0, 0.05) is 11.4 Å². The van der Waals surface area contributed by atoms with E-state index in [-0.39, 0.29) is 17.2 Å². The lowest BCUT2D eigenvalue weighted by Gasteiger charge is -2.20. The second-order valence-corrected chi connectivity index (χ2v) is 3.60. The monoisotopic (exact) mass is 238 g/mol. The molecule has 0 saturated heterocycles. The Morgan fingerprint density at radius 2 is 1.94 bits per heavy atom. The van der Waals surface area contributed by atoms with Crippen LogP contribution in [0.15, 0.2) is 47.4 Å². The normalized spacial score (nSPS) is 20.4. The van der Waals surface area contributed by atoms with Gasteiger partial charge in [0.1, 0.15) is 5.84 Å². The Balaban J connectivity index is 2.17. The summed E-state index contributed by atoms with van der Waals surface area (Å²) in [5.41, 5.74) is 5.00. The minimum Gasteiger partial charge on any atom is -0.259 e. The first kappa shape index (κ1) is 11.5. The standard InChI is InChI=1S/C11H12F2N4/c1-8(9-5-3-2-4-6-9)14-11-7-10(12)15-17(13)16-11/h2-8,15H,1H3,(H,14,16). The Hall–Kier alpha value is -1.95. The molecule has 0 saturated carbocycles. The van der Waals surface area contributed by atoms with Crippen molar-refractivity contribution in [3.8, 4) is 0 Å². The second-order valence-electron chi connectivity index (χ2n) is 3.60. The van der Waals surface area contributed by atoms with Crippen LogP contribution in [0.3, 0.4) is 0 Å². The highest BCUT2D eigenvalue weighted by Crippen LogP contribution is 2.16. The molecule has 4 nitrogen and oxygen atoms in total. The van der Waals surface area contributed by atoms with E-state index in [4.69, 9.17) is 0 Å². The molecule has 0 spiro atoms. The molecule has 1 aromatic carbocycles. The van der Waals surface area contributed by atoms with Gasteiger partial charge in [-0.05, 0) is 12.5 Å². The molecule has 1 unspecified atom stereocenters. The summed E-state index contributed by atoms with van der Waals surface area (Å²) in [6.07, 6.45) is 1.09. The summed E-state index contributed by atoms with van der Waals surface area (Å²) in [5, 5.41) is -0.0775. The van der Waals surface area contributed by atoms with Crippen molar-refractivity contribution in [2.45, 2.75) is 13.0 Å². The molecule has 1 atom stereocenters. The van der Waals surface area contributed by atoms with E-state index in [0.29, 0.717) is 0 Å². The van der Waals surface area contributed by atoms with Crippen molar-refractivity contribution in [2.24, 2.45) is 4.99 Å². The van der Waals surface area contributed by atoms with Gasteiger partial charge < -0.3 is 0 Å². The number of halogens is 2. The van der Waals surface area contributed by atoms with Gasteiger partial charge in [-0.25, -0.2) is 5.43 Å². The Labute approximate surface area is 97.5 Å². The predicted molar refractivity (Wildman–Crippen MR) is 60.7 cm³/mol. The van der Waals surface area contributed by atoms with Crippen molar-refractivity contribution >= 4 is 5.84 Å². The van der Waals surface area contributed by atoms with Crippen molar-refractivity contribution in [1.82, 2.24) is 16.2 Å². The van der Waals surface area contributed by atoms with Crippen LogP contribution in [-0.2, 0) is 0 Å². The first-order valence-electron chi connectivity index (χ1n) is 5.14. The Bertz CT molecular complexity index is 444. The molecule has 1 aliphatic rings. The number of hydrazine groups is 2. The van der Waals surface area contributed by atoms with Gasteiger partial charge in [0.15, 0.2) is 0 Å². The quantitative estimate of drug-likeness (QED) is 0.612. The van der Waals surface area contributed by atoms with Gasteiger partial charge in [0.05, 0.1) is 6.04 Å². The maximum Gasteiger partial charge on any atom is 0.208 e. The van der Waals surface area contributed by atoms with Crippen LogP contribution >= 0.6 is 0 Å². The maximum absolute atomic E-state index is 12.9. The molecule has 6 heteroatoms. The first-order valence-corrected chi connectivity index (χ1v) is 5.14. The van der Waals surface area contributed by atoms with Crippen molar-refractivity contribution in [3.05, 3.63) is 47.9 Å². The fourth-order valence-electron chi connectivity index (χ4n) is 1.49. The molecule has 90 valence electrons. The van der Waals surface area contributed by atoms with Crippen molar-refractivity contribution < 1.29 is 8.87 Å². The van der Waals surface area contributed by atoms with Crippen LogP contribution in [0, 0.1) is 0 Å². The van der Waals surface area contributed by atoms with Crippen LogP contribution in [0.2, 0.25) is 0 Å². The Morgan fingerprint density at radius 3 is 2.59 bits per heavy atom. The number of hydrogen-bond acceptors (Lipinski definition) is 3. The summed E-state index contributed by atoms with van der Waals surface area (Å²) in [7, 11) is 0. The van der Waals surface area contributed by atoms with Gasteiger partial charge in [0.2, 0.25) is 5.95 Å². The van der Waals surface area contributed by atoms with Crippen molar-refractivity contribution in [1.29, 1.82) is 0 Å². The Morgan fingerprint density at radius 1 is 1.24 bits per heavy atom. The van der Waals surface area contributed by atoms with E-state index in [1.54, 1.807) is 5.43 Å². The summed E-state index contributed by atoms with van der Waals surface area (Å²) in [6, 6.07) is 9.30. The van der Waals surface area contributed by atoms with E-state index in [1.807, 2.05) is 37.3 Å². The zero-order chi connectivity index (χ0) is 12.3. The van der Waals surface area contributed by atoms with E-state index in [1.165, 1.54) is 0 Å². The summed E-state index contributed by atoms with van der Waals surface area (Å²) in [4.78, 5) is 4.17. The second kappa shape index (κ2) is 4.92. The molecule has 1 aromatic rings. The number of nitrogens with one attached hydrogen (secondary N) is 2. The van der Waals surface area contributed by atoms with Gasteiger partial charge in [-0.3, -0.25) is 10.4 Å². The van der Waals surface area contributed by atoms with Crippen LogP contribution < -0.4 is 10.9 Å². The minimum atomic E-state index is -0.801. The summed E-state index contributed by atoms with van der Waals surface area (Å²) < 4.78 is 25.7. The van der Waals surface area contributed by atoms with Crippen LogP contribution in [-0.4, -0.2) is 11.2 Å². The fourth-order valence-corrected chi connectivity index (χ4v) is 1.49. The van der Waals surface area contributed by atoms with Crippen LogP contribution in [0.4, 0.5) is 8.87 Å². The highest BCUT2D eigenvalue weighted by Gasteiger charge is 2.15. The summed E-state index contributed by atoms with van der Waals surface area (Å²) in [5.74, 6) is -0.676. The third-order valence-electron chi connectivity index (χ3n) is 2.30. The predicted octanol–water partition coefficient (Wildman–Crippen LogP) is 2.17. The Kier molecular flexibility index (Phi) is 3.34. The molecular formula is C11H12F2N4. The zero-order valence-electron chi connectivity index (χ0n) is 9.19. The van der Waals surface area contributed by atoms with Crippen LogP contribution in [0.25, 0.3) is 0 Å². The molecule has 0 aliphatic carbocycles. The van der Waals surface area contributed by atoms with Crippen LogP contribution in [0.1, 0.15) is 18.5 Å². The highest BCUT2D eigenvalue weighted by atomic mass is 19.2. The topological polar surface area (TPSA) is 39.7 Å². The lowest BCUT2D eigenvalue weighted by molar-refractivity contribution is -0.0614. The molecule has 0 amide bonds. The van der Waals surface area contributed by atoms with E-state index in [2.05, 4.69) is 10.4 Å². The van der Waals surface area contributed by atoms with E-state index in [9.17, 15) is 8.87 Å². The molecule has 1 aliphatic heterocycles. The zero-order valence-corrected chi connectivity index (χ0v) is 9.19. The summed E-state index contributed by atoms with van der Waals surface area (Å²) in [6.45, 7) is 1.85. The van der Waals surface area contributed by atoms with Crippen LogP contribution in [0.5, 0.6) is 0 Å². The SMILES string of the molecule is CC(N=C1C=C(F)NN(F)N1)c1ccccc1. The molecule has 1 heterocycles. The van der Waals surface area contributed by atoms with E-state index < -0.39 is 5.95 Å². The maximum atomic E-state index is 12.9. The first-order chi connectivity index (χ1) is 8.15. The van der Waals surface area contributed by atoms with Gasteiger partial charge in [-0.2, -0.15) is 4.39 Å². The molecule has 2 rings (SSSR count). The molecule has 0 fully saturated rings.